The third kappa shape index (κ3) is 4.15. The molecule has 106 valence electrons. The fraction of sp³-hybridized carbons (Fsp3) is 0.462. The van der Waals surface area contributed by atoms with Gasteiger partial charge in [-0.05, 0) is 32.4 Å². The van der Waals surface area contributed by atoms with Crippen LogP contribution in [0.1, 0.15) is 25.8 Å². The summed E-state index contributed by atoms with van der Waals surface area (Å²) in [7, 11) is 0. The van der Waals surface area contributed by atoms with Crippen LogP contribution in [0.25, 0.3) is 0 Å². The zero-order valence-corrected chi connectivity index (χ0v) is 10.6. The van der Waals surface area contributed by atoms with Crippen LogP contribution in [0.15, 0.2) is 24.3 Å². The topological polar surface area (TPSA) is 46.5 Å². The Morgan fingerprint density at radius 2 is 1.84 bits per heavy atom. The molecule has 1 aromatic rings. The molecule has 0 amide bonds. The first-order valence-corrected chi connectivity index (χ1v) is 5.67. The van der Waals surface area contributed by atoms with Crippen molar-refractivity contribution in [2.75, 3.05) is 6.61 Å². The van der Waals surface area contributed by atoms with E-state index in [0.717, 1.165) is 6.07 Å². The maximum absolute atomic E-state index is 12.7. The van der Waals surface area contributed by atoms with E-state index in [0.29, 0.717) is 0 Å². The number of para-hydroxylation sites is 1. The first kappa shape index (κ1) is 15.3. The van der Waals surface area contributed by atoms with Gasteiger partial charge in [0.15, 0.2) is 0 Å². The van der Waals surface area contributed by atoms with E-state index in [1.807, 2.05) is 0 Å². The van der Waals surface area contributed by atoms with Gasteiger partial charge in [-0.1, -0.05) is 12.1 Å². The van der Waals surface area contributed by atoms with E-state index in [1.165, 1.54) is 32.0 Å². The van der Waals surface area contributed by atoms with Gasteiger partial charge in [0.05, 0.1) is 17.6 Å². The fourth-order valence-corrected chi connectivity index (χ4v) is 1.35. The van der Waals surface area contributed by atoms with E-state index in [-0.39, 0.29) is 18.8 Å². The number of hydrogen-bond donors (Lipinski definition) is 1. The van der Waals surface area contributed by atoms with E-state index in [2.05, 4.69) is 0 Å². The van der Waals surface area contributed by atoms with Gasteiger partial charge in [-0.3, -0.25) is 4.79 Å². The number of aliphatic carboxylic acids is 1. The Labute approximate surface area is 109 Å². The monoisotopic (exact) mass is 276 g/mol. The molecule has 1 aromatic carbocycles. The average Bonchev–Trinajstić information content (AvgIpc) is 2.27. The largest absolute Gasteiger partial charge is 0.493 e. The van der Waals surface area contributed by atoms with Gasteiger partial charge < -0.3 is 9.84 Å². The lowest BCUT2D eigenvalue weighted by molar-refractivity contribution is -0.148. The van der Waals surface area contributed by atoms with E-state index in [1.54, 1.807) is 0 Å². The van der Waals surface area contributed by atoms with Crippen molar-refractivity contribution in [3.63, 3.8) is 0 Å². The van der Waals surface area contributed by atoms with Crippen molar-refractivity contribution in [1.29, 1.82) is 0 Å². The number of carboxylic acids is 1. The third-order valence-electron chi connectivity index (χ3n) is 2.76. The normalized spacial score (nSPS) is 12.3. The van der Waals surface area contributed by atoms with Crippen molar-refractivity contribution in [1.82, 2.24) is 0 Å². The standard InChI is InChI=1S/C13H15F3O3/c1-12(2,11(17)18)7-8-19-10-6-4-3-5-9(10)13(14,15)16/h3-6H,7-8H2,1-2H3,(H,17,18). The second-order valence-corrected chi connectivity index (χ2v) is 4.78. The highest BCUT2D eigenvalue weighted by Gasteiger charge is 2.34. The number of alkyl halides is 3. The van der Waals surface area contributed by atoms with Crippen LogP contribution in [-0.4, -0.2) is 17.7 Å². The summed E-state index contributed by atoms with van der Waals surface area (Å²) >= 11 is 0. The minimum atomic E-state index is -4.49. The molecule has 0 saturated heterocycles. The van der Waals surface area contributed by atoms with Crippen molar-refractivity contribution in [3.05, 3.63) is 29.8 Å². The van der Waals surface area contributed by atoms with Gasteiger partial charge in [0.1, 0.15) is 5.75 Å². The molecule has 0 atom stereocenters. The summed E-state index contributed by atoms with van der Waals surface area (Å²) in [4.78, 5) is 10.9. The molecule has 0 heterocycles. The van der Waals surface area contributed by atoms with Gasteiger partial charge in [0, 0.05) is 0 Å². The molecule has 0 unspecified atom stereocenters. The zero-order valence-electron chi connectivity index (χ0n) is 10.6. The van der Waals surface area contributed by atoms with Gasteiger partial charge in [0.25, 0.3) is 0 Å². The third-order valence-corrected chi connectivity index (χ3v) is 2.76. The summed E-state index contributed by atoms with van der Waals surface area (Å²) in [5.74, 6) is -1.30. The maximum Gasteiger partial charge on any atom is 0.419 e. The Bertz CT molecular complexity index is 453. The van der Waals surface area contributed by atoms with Gasteiger partial charge in [-0.2, -0.15) is 13.2 Å². The van der Waals surface area contributed by atoms with Crippen LogP contribution in [-0.2, 0) is 11.0 Å². The highest BCUT2D eigenvalue weighted by molar-refractivity contribution is 5.73. The van der Waals surface area contributed by atoms with Crippen molar-refractivity contribution in [2.24, 2.45) is 5.41 Å². The molecule has 0 aromatic heterocycles. The quantitative estimate of drug-likeness (QED) is 0.894. The molecule has 0 aliphatic rings. The van der Waals surface area contributed by atoms with Gasteiger partial charge in [-0.25, -0.2) is 0 Å². The van der Waals surface area contributed by atoms with Crippen LogP contribution in [0.5, 0.6) is 5.75 Å². The molecule has 0 fully saturated rings. The Morgan fingerprint density at radius 1 is 1.26 bits per heavy atom. The molecule has 0 aliphatic heterocycles. The molecule has 1 rings (SSSR count). The molecule has 0 radical (unpaired) electrons. The zero-order chi connectivity index (χ0) is 14.7. The predicted octanol–water partition coefficient (Wildman–Crippen LogP) is 3.59. The van der Waals surface area contributed by atoms with Gasteiger partial charge in [-0.15, -0.1) is 0 Å². The summed E-state index contributed by atoms with van der Waals surface area (Å²) < 4.78 is 43.1. The van der Waals surface area contributed by atoms with Crippen LogP contribution in [0.4, 0.5) is 13.2 Å². The minimum absolute atomic E-state index is 0.0909. The van der Waals surface area contributed by atoms with Crippen LogP contribution < -0.4 is 4.74 Å². The Morgan fingerprint density at radius 3 is 2.37 bits per heavy atom. The lowest BCUT2D eigenvalue weighted by Gasteiger charge is -2.20. The minimum Gasteiger partial charge on any atom is -0.493 e. The molecule has 1 N–H and O–H groups in total. The average molecular weight is 276 g/mol. The van der Waals surface area contributed by atoms with Crippen molar-refractivity contribution in [2.45, 2.75) is 26.4 Å². The Balaban J connectivity index is 2.72. The first-order chi connectivity index (χ1) is 8.64. The molecule has 19 heavy (non-hydrogen) atoms. The molecule has 6 heteroatoms. The number of carbonyl (C=O) groups is 1. The second-order valence-electron chi connectivity index (χ2n) is 4.78. The van der Waals surface area contributed by atoms with Crippen molar-refractivity contribution < 1.29 is 27.8 Å². The summed E-state index contributed by atoms with van der Waals surface area (Å²) in [5, 5.41) is 8.89. The number of rotatable bonds is 5. The Kier molecular flexibility index (Phi) is 4.44. The molecular weight excluding hydrogens is 261 g/mol. The molecule has 0 bridgehead atoms. The van der Waals surface area contributed by atoms with Crippen LogP contribution in [0.2, 0.25) is 0 Å². The van der Waals surface area contributed by atoms with Crippen LogP contribution in [0, 0.1) is 5.41 Å². The molecule has 0 aliphatic carbocycles. The highest BCUT2D eigenvalue weighted by atomic mass is 19.4. The summed E-state index contributed by atoms with van der Waals surface area (Å²) in [5.41, 5.74) is -1.89. The lowest BCUT2D eigenvalue weighted by atomic mass is 9.90. The number of hydrogen-bond acceptors (Lipinski definition) is 2. The maximum atomic E-state index is 12.7. The SMILES string of the molecule is CC(C)(CCOc1ccccc1C(F)(F)F)C(=O)O. The predicted molar refractivity (Wildman–Crippen MR) is 63.0 cm³/mol. The first-order valence-electron chi connectivity index (χ1n) is 5.67. The Hall–Kier alpha value is -1.72. The summed E-state index contributed by atoms with van der Waals surface area (Å²) in [6.07, 6.45) is -4.37. The van der Waals surface area contributed by atoms with E-state index in [9.17, 15) is 18.0 Å². The van der Waals surface area contributed by atoms with Gasteiger partial charge in [0.2, 0.25) is 0 Å². The van der Waals surface area contributed by atoms with Crippen LogP contribution >= 0.6 is 0 Å². The number of benzene rings is 1. The van der Waals surface area contributed by atoms with Crippen molar-refractivity contribution >= 4 is 5.97 Å². The summed E-state index contributed by atoms with van der Waals surface area (Å²) in [6, 6.07) is 4.86. The second kappa shape index (κ2) is 5.50. The smallest absolute Gasteiger partial charge is 0.419 e. The van der Waals surface area contributed by atoms with Gasteiger partial charge >= 0.3 is 12.1 Å². The number of ether oxygens (including phenoxy) is 1. The molecule has 0 spiro atoms. The molecule has 0 saturated carbocycles. The lowest BCUT2D eigenvalue weighted by Crippen LogP contribution is -2.26. The fourth-order valence-electron chi connectivity index (χ4n) is 1.35. The molecular formula is C13H15F3O3. The van der Waals surface area contributed by atoms with Crippen LogP contribution in [0.3, 0.4) is 0 Å². The van der Waals surface area contributed by atoms with E-state index >= 15 is 0 Å². The number of carboxylic acid groups (broad SMARTS) is 1. The number of halogens is 3. The van der Waals surface area contributed by atoms with E-state index in [4.69, 9.17) is 9.84 Å². The van der Waals surface area contributed by atoms with Crippen molar-refractivity contribution in [3.8, 4) is 5.75 Å². The highest BCUT2D eigenvalue weighted by Crippen LogP contribution is 2.36. The molecule has 3 nitrogen and oxygen atoms in total. The van der Waals surface area contributed by atoms with E-state index < -0.39 is 23.1 Å². The summed E-state index contributed by atoms with van der Waals surface area (Å²) in [6.45, 7) is 2.90.